The van der Waals surface area contributed by atoms with Gasteiger partial charge in [-0.3, -0.25) is 23.5 Å². The van der Waals surface area contributed by atoms with Crippen molar-refractivity contribution >= 4 is 78.5 Å². The number of alkyl halides is 1. The Morgan fingerprint density at radius 2 is 0.886 bits per heavy atom. The number of carbonyl (C=O) groups is 3. The SMILES string of the molecule is CCCC1CCC(COC(=O)C(C)(C)Cl)CC1.CCCC1CCC(COC(=O)C(C)(C)NP(=O)(CO[C@H](C)Cn2cnc3c(N)ncnc32)NC(C)(C)C(=O)OCC2CCC(CCC)CC2)CC1.C[C@H](Cn1cnc2c(N)ncnc21)OCP(=O)(O)O.N. The van der Waals surface area contributed by atoms with Crippen molar-refractivity contribution in [3.8, 4) is 0 Å². The lowest BCUT2D eigenvalue weighted by Crippen LogP contribution is -2.54. The molecule has 25 nitrogen and oxygen atoms in total. The van der Waals surface area contributed by atoms with E-state index in [1.807, 2.05) is 6.92 Å². The molecule has 0 spiro atoms. The van der Waals surface area contributed by atoms with Gasteiger partial charge in [-0.1, -0.05) is 97.8 Å². The van der Waals surface area contributed by atoms with Gasteiger partial charge in [0.2, 0.25) is 7.44 Å². The molecule has 28 heteroatoms. The number of anilines is 2. The summed E-state index contributed by atoms with van der Waals surface area (Å²) in [7, 11) is -7.97. The Kier molecular flexibility index (Phi) is 30.6. The fourth-order valence-corrected chi connectivity index (χ4v) is 14.8. The number of carbonyl (C=O) groups excluding carboxylic acids is 3. The highest BCUT2D eigenvalue weighted by Crippen LogP contribution is 2.43. The molecule has 4 aromatic rings. The first kappa shape index (κ1) is 76.0. The Hall–Kier alpha value is -4.42. The van der Waals surface area contributed by atoms with E-state index in [0.29, 0.717) is 73.0 Å². The molecule has 3 saturated carbocycles. The monoisotopic (exact) mass is 1300 g/mol. The fourth-order valence-electron chi connectivity index (χ4n) is 11.7. The van der Waals surface area contributed by atoms with Crippen molar-refractivity contribution in [2.75, 3.05) is 44.0 Å². The van der Waals surface area contributed by atoms with Crippen LogP contribution in [0, 0.1) is 35.5 Å². The van der Waals surface area contributed by atoms with Crippen molar-refractivity contribution in [1.29, 1.82) is 0 Å². The lowest BCUT2D eigenvalue weighted by molar-refractivity contribution is -0.151. The lowest BCUT2D eigenvalue weighted by Gasteiger charge is -2.36. The number of nitrogens with zero attached hydrogens (tertiary/aromatic N) is 8. The molecule has 0 aromatic carbocycles. The number of esters is 3. The van der Waals surface area contributed by atoms with Crippen LogP contribution in [0.3, 0.4) is 0 Å². The largest absolute Gasteiger partial charge is 0.464 e. The molecule has 11 N–H and O–H groups in total. The van der Waals surface area contributed by atoms with Gasteiger partial charge in [0, 0.05) is 0 Å². The summed E-state index contributed by atoms with van der Waals surface area (Å²) in [5.41, 5.74) is 11.0. The number of hydrogen-bond acceptors (Lipinski definition) is 19. The summed E-state index contributed by atoms with van der Waals surface area (Å²) in [4.78, 5) is 79.7. The zero-order valence-electron chi connectivity index (χ0n) is 54.3. The Morgan fingerprint density at radius 1 is 0.568 bits per heavy atom. The smallest absolute Gasteiger partial charge is 0.350 e. The van der Waals surface area contributed by atoms with E-state index in [1.165, 1.54) is 83.2 Å². The first-order valence-electron chi connectivity index (χ1n) is 31.4. The predicted molar refractivity (Wildman–Crippen MR) is 343 cm³/mol. The van der Waals surface area contributed by atoms with Crippen molar-refractivity contribution in [3.05, 3.63) is 25.3 Å². The Balaban J connectivity index is 0.000000362. The van der Waals surface area contributed by atoms with Crippen LogP contribution in [0.15, 0.2) is 25.3 Å². The van der Waals surface area contributed by atoms with Gasteiger partial charge in [-0.25, -0.2) is 40.1 Å². The Labute approximate surface area is 526 Å². The average molecular weight is 1300 g/mol. The zero-order valence-corrected chi connectivity index (χ0v) is 56.8. The first-order chi connectivity index (χ1) is 40.9. The van der Waals surface area contributed by atoms with Crippen molar-refractivity contribution in [3.63, 3.8) is 0 Å². The normalized spacial score (nSPS) is 21.5. The standard InChI is InChI=1S/C37H64N7O6P.C14H25ClO2.C9H14N5O4P.H3N/c1-8-10-27-12-16-29(17-13-27)21-48-34(45)36(4,5)42-51(47,25-50-26(3)20-44-24-41-31-32(38)39-23-40-33(31)44)43-37(6,7)35(46)49-22-30-18-14-28(11-9-2)15-19-30;1-4-5-11-6-8-12(9-7-11)10-17-13(16)14(2,3)15;1-6(18-5-19(15,16)17)2-14-4-13-7-8(10)11-3-12-9(7)14;/h23-24,26-30H,8-22,25H2,1-7H3,(H2,38,39,40)(H2,42,43,47);11-12H,4-10H2,1-3H3;3-4,6H,2,5H2,1H3,(H2,10,11,12)(H2,15,16,17);1H3/t26-,27?,28?,29?,30?,51?;;6-;/m1.1./s1. The molecule has 0 radical (unpaired) electrons. The molecule has 0 bridgehead atoms. The number of halogens is 1. The van der Waals surface area contributed by atoms with Gasteiger partial charge >= 0.3 is 25.5 Å². The van der Waals surface area contributed by atoms with E-state index >= 15 is 0 Å². The summed E-state index contributed by atoms with van der Waals surface area (Å²) in [6.07, 6.45) is 25.4. The minimum Gasteiger partial charge on any atom is -0.464 e. The van der Waals surface area contributed by atoms with E-state index in [2.05, 4.69) is 60.8 Å². The van der Waals surface area contributed by atoms with Crippen LogP contribution in [0.25, 0.3) is 22.3 Å². The maximum absolute atomic E-state index is 14.8. The summed E-state index contributed by atoms with van der Waals surface area (Å²) >= 11 is 5.89. The van der Waals surface area contributed by atoms with Gasteiger partial charge in [0.15, 0.2) is 22.9 Å². The van der Waals surface area contributed by atoms with Crippen LogP contribution in [-0.2, 0) is 60.3 Å². The summed E-state index contributed by atoms with van der Waals surface area (Å²) in [5, 5.41) is 6.09. The molecule has 0 saturated heterocycles. The molecule has 3 fully saturated rings. The van der Waals surface area contributed by atoms with Gasteiger partial charge in [-0.2, -0.15) is 0 Å². The molecule has 3 aliphatic rings. The van der Waals surface area contributed by atoms with Crippen molar-refractivity contribution in [2.24, 2.45) is 35.5 Å². The van der Waals surface area contributed by atoms with Crippen LogP contribution in [0.5, 0.6) is 0 Å². The number of hydrogen-bond donors (Lipinski definition) is 7. The second-order valence-electron chi connectivity index (χ2n) is 26.0. The lowest BCUT2D eigenvalue weighted by atomic mass is 9.80. The summed E-state index contributed by atoms with van der Waals surface area (Å²) in [6, 6.07) is 0. The number of nitrogen functional groups attached to an aromatic ring is 2. The molecule has 500 valence electrons. The molecule has 2 atom stereocenters. The summed E-state index contributed by atoms with van der Waals surface area (Å²) < 4.78 is 57.2. The van der Waals surface area contributed by atoms with E-state index in [-0.39, 0.29) is 30.1 Å². The Morgan fingerprint density at radius 3 is 1.20 bits per heavy atom. The molecular formula is C60H106ClN13O12P2. The van der Waals surface area contributed by atoms with Crippen molar-refractivity contribution in [1.82, 2.24) is 55.4 Å². The highest BCUT2D eigenvalue weighted by molar-refractivity contribution is 7.59. The average Bonchev–Trinajstić information content (AvgIpc) is 3.54. The molecule has 88 heavy (non-hydrogen) atoms. The van der Waals surface area contributed by atoms with E-state index in [0.717, 1.165) is 69.1 Å². The number of rotatable bonds is 29. The number of nitrogens with one attached hydrogen (secondary N) is 2. The highest BCUT2D eigenvalue weighted by Gasteiger charge is 2.44. The minimum atomic E-state index is -4.16. The van der Waals surface area contributed by atoms with E-state index in [9.17, 15) is 23.5 Å². The van der Waals surface area contributed by atoms with Gasteiger partial charge in [-0.05, 0) is 129 Å². The maximum atomic E-state index is 14.8. The summed E-state index contributed by atoms with van der Waals surface area (Å²) in [6.45, 7) is 22.1. The molecule has 4 aromatic heterocycles. The summed E-state index contributed by atoms with van der Waals surface area (Å²) in [5.74, 6) is 2.86. The predicted octanol–water partition coefficient (Wildman–Crippen LogP) is 11.3. The minimum absolute atomic E-state index is 0. The van der Waals surface area contributed by atoms with Gasteiger partial charge in [0.25, 0.3) is 0 Å². The van der Waals surface area contributed by atoms with Crippen LogP contribution in [0.2, 0.25) is 0 Å². The van der Waals surface area contributed by atoms with E-state index in [4.69, 9.17) is 56.5 Å². The fraction of sp³-hybridized carbons (Fsp3) is 0.783. The molecule has 0 amide bonds. The Bertz CT molecular complexity index is 2800. The van der Waals surface area contributed by atoms with Gasteiger partial charge < -0.3 is 60.2 Å². The molecule has 7 rings (SSSR count). The topological polar surface area (TPSA) is 370 Å². The van der Waals surface area contributed by atoms with Crippen LogP contribution in [0.1, 0.15) is 192 Å². The number of fused-ring (bicyclic) bond motifs is 2. The van der Waals surface area contributed by atoms with Gasteiger partial charge in [0.1, 0.15) is 52.3 Å². The van der Waals surface area contributed by atoms with Crippen LogP contribution in [0.4, 0.5) is 11.6 Å². The first-order valence-corrected chi connectivity index (χ1v) is 35.5. The third kappa shape index (κ3) is 25.0. The third-order valence-electron chi connectivity index (χ3n) is 16.6. The van der Waals surface area contributed by atoms with E-state index in [1.54, 1.807) is 63.9 Å². The second-order valence-corrected chi connectivity index (χ2v) is 30.8. The third-order valence-corrected chi connectivity index (χ3v) is 19.6. The molecule has 3 aliphatic carbocycles. The molecule has 0 aliphatic heterocycles. The van der Waals surface area contributed by atoms with Gasteiger partial charge in [-0.15, -0.1) is 11.6 Å². The number of nitrogens with two attached hydrogens (primary N) is 2. The second kappa shape index (κ2) is 35.4. The van der Waals surface area contributed by atoms with Crippen LogP contribution in [-0.4, -0.2) is 127 Å². The van der Waals surface area contributed by atoms with Crippen molar-refractivity contribution in [2.45, 2.75) is 233 Å². The highest BCUT2D eigenvalue weighted by atomic mass is 35.5. The number of aromatic nitrogens is 8. The van der Waals surface area contributed by atoms with Gasteiger partial charge in [0.05, 0.1) is 57.8 Å². The molecule has 0 unspecified atom stereocenters. The van der Waals surface area contributed by atoms with Crippen LogP contribution >= 0.6 is 26.6 Å². The molecular weight excluding hydrogens is 1190 g/mol. The quantitative estimate of drug-likeness (QED) is 0.0115. The molecule has 4 heterocycles. The number of ether oxygens (including phenoxy) is 5. The van der Waals surface area contributed by atoms with E-state index < -0.39 is 61.5 Å². The van der Waals surface area contributed by atoms with Crippen LogP contribution < -0.4 is 27.8 Å². The zero-order chi connectivity index (χ0) is 64.2. The number of imidazole rings is 2. The maximum Gasteiger partial charge on any atom is 0.350 e. The van der Waals surface area contributed by atoms with Crippen molar-refractivity contribution < 1.29 is 57.0 Å².